The van der Waals surface area contributed by atoms with Crippen molar-refractivity contribution in [3.63, 3.8) is 0 Å². The Morgan fingerprint density at radius 3 is 2.48 bits per heavy atom. The van der Waals surface area contributed by atoms with E-state index in [2.05, 4.69) is 22.6 Å². The van der Waals surface area contributed by atoms with Gasteiger partial charge in [-0.15, -0.1) is 0 Å². The zero-order valence-electron chi connectivity index (χ0n) is 13.6. The summed E-state index contributed by atoms with van der Waals surface area (Å²) in [5, 5.41) is 0. The topological polar surface area (TPSA) is 46.6 Å². The van der Waals surface area contributed by atoms with E-state index in [9.17, 15) is 9.59 Å². The van der Waals surface area contributed by atoms with Gasteiger partial charge in [-0.05, 0) is 41.1 Å². The van der Waals surface area contributed by atoms with Crippen LogP contribution in [0.5, 0.6) is 0 Å². The maximum atomic E-state index is 13.2. The molecule has 2 aromatic carbocycles. The predicted octanol–water partition coefficient (Wildman–Crippen LogP) is 4.32. The molecule has 0 saturated carbocycles. The largest absolute Gasteiger partial charge is 0.428 e. The van der Waals surface area contributed by atoms with E-state index in [-0.39, 0.29) is 17.9 Å². The molecule has 2 heterocycles. The number of carbonyl (C=O) groups is 2. The van der Waals surface area contributed by atoms with E-state index in [0.717, 1.165) is 11.1 Å². The molecule has 0 bridgehead atoms. The van der Waals surface area contributed by atoms with Crippen molar-refractivity contribution >= 4 is 34.5 Å². The summed E-state index contributed by atoms with van der Waals surface area (Å²) in [4.78, 5) is 27.9. The number of esters is 1. The van der Waals surface area contributed by atoms with Crippen LogP contribution in [0.4, 0.5) is 0 Å². The molecule has 0 aliphatic carbocycles. The summed E-state index contributed by atoms with van der Waals surface area (Å²) in [6.07, 6.45) is 0.370. The summed E-state index contributed by atoms with van der Waals surface area (Å²) in [6, 6.07) is 16.9. The van der Waals surface area contributed by atoms with Gasteiger partial charge in [-0.25, -0.2) is 4.79 Å². The predicted molar refractivity (Wildman–Crippen MR) is 102 cm³/mol. The van der Waals surface area contributed by atoms with E-state index in [1.807, 2.05) is 55.5 Å². The summed E-state index contributed by atoms with van der Waals surface area (Å²) in [5.74, 6) is 0.0930. The van der Waals surface area contributed by atoms with Crippen LogP contribution in [0, 0.1) is 0 Å². The molecule has 5 heteroatoms. The Balaban J connectivity index is 1.91. The maximum Gasteiger partial charge on any atom is 0.342 e. The SMILES string of the molecule is C[C@@H](c1ccccc1)N1C(=O)c2ccccc2[C@@]12C/C(=C\I)OC2=O. The monoisotopic (exact) mass is 445 g/mol. The second-order valence-corrected chi connectivity index (χ2v) is 6.93. The normalized spacial score (nSPS) is 24.7. The number of cyclic esters (lactones) is 1. The van der Waals surface area contributed by atoms with Gasteiger partial charge >= 0.3 is 5.97 Å². The molecule has 2 aliphatic rings. The van der Waals surface area contributed by atoms with Crippen molar-refractivity contribution in [1.82, 2.24) is 4.90 Å². The third-order valence-corrected chi connectivity index (χ3v) is 5.71. The standard InChI is InChI=1S/C20H16INO3/c1-13(14-7-3-2-4-8-14)22-18(23)16-9-5-6-10-17(16)20(22)11-15(12-21)25-19(20)24/h2-10,12-13H,11H2,1H3/b15-12+/t13-,20+/m0/s1. The molecule has 1 spiro atoms. The Morgan fingerprint density at radius 2 is 1.80 bits per heavy atom. The Hall–Kier alpha value is -2.15. The lowest BCUT2D eigenvalue weighted by atomic mass is 9.86. The summed E-state index contributed by atoms with van der Waals surface area (Å²) in [5.41, 5.74) is 1.22. The van der Waals surface area contributed by atoms with Gasteiger partial charge in [-0.3, -0.25) is 4.79 Å². The van der Waals surface area contributed by atoms with Gasteiger partial charge in [-0.1, -0.05) is 48.5 Å². The van der Waals surface area contributed by atoms with Crippen molar-refractivity contribution in [3.8, 4) is 0 Å². The fourth-order valence-corrected chi connectivity index (χ4v) is 4.21. The lowest BCUT2D eigenvalue weighted by molar-refractivity contribution is -0.146. The number of hydrogen-bond acceptors (Lipinski definition) is 3. The third kappa shape index (κ3) is 2.25. The molecule has 1 amide bonds. The number of carbonyl (C=O) groups excluding carboxylic acids is 2. The van der Waals surface area contributed by atoms with E-state index < -0.39 is 5.54 Å². The fourth-order valence-electron chi connectivity index (χ4n) is 3.86. The lowest BCUT2D eigenvalue weighted by Gasteiger charge is -2.36. The first kappa shape index (κ1) is 16.3. The summed E-state index contributed by atoms with van der Waals surface area (Å²) in [6.45, 7) is 1.96. The van der Waals surface area contributed by atoms with Crippen LogP contribution in [0.1, 0.15) is 40.9 Å². The van der Waals surface area contributed by atoms with Crippen LogP contribution >= 0.6 is 22.6 Å². The Morgan fingerprint density at radius 1 is 1.12 bits per heavy atom. The number of rotatable bonds is 2. The minimum absolute atomic E-state index is 0.126. The first-order chi connectivity index (χ1) is 12.1. The van der Waals surface area contributed by atoms with Gasteiger partial charge in [0.2, 0.25) is 0 Å². The van der Waals surface area contributed by atoms with Crippen molar-refractivity contribution < 1.29 is 14.3 Å². The van der Waals surface area contributed by atoms with E-state index >= 15 is 0 Å². The molecule has 4 nitrogen and oxygen atoms in total. The molecule has 2 atom stereocenters. The molecule has 0 N–H and O–H groups in total. The van der Waals surface area contributed by atoms with E-state index in [1.54, 1.807) is 15.0 Å². The van der Waals surface area contributed by atoms with Crippen molar-refractivity contribution in [1.29, 1.82) is 0 Å². The number of halogens is 1. The molecule has 2 aromatic rings. The highest BCUT2D eigenvalue weighted by Crippen LogP contribution is 2.52. The Bertz CT molecular complexity index is 893. The van der Waals surface area contributed by atoms with Crippen LogP contribution in [0.25, 0.3) is 0 Å². The highest BCUT2D eigenvalue weighted by atomic mass is 127. The van der Waals surface area contributed by atoms with Gasteiger partial charge in [0.05, 0.1) is 6.04 Å². The molecular weight excluding hydrogens is 429 g/mol. The van der Waals surface area contributed by atoms with Crippen LogP contribution in [-0.4, -0.2) is 16.8 Å². The van der Waals surface area contributed by atoms with Gasteiger partial charge in [-0.2, -0.15) is 0 Å². The zero-order valence-corrected chi connectivity index (χ0v) is 15.8. The first-order valence-corrected chi connectivity index (χ1v) is 9.34. The van der Waals surface area contributed by atoms with Crippen LogP contribution < -0.4 is 0 Å². The number of nitrogens with zero attached hydrogens (tertiary/aromatic N) is 1. The van der Waals surface area contributed by atoms with Gasteiger partial charge < -0.3 is 9.64 Å². The number of hydrogen-bond donors (Lipinski definition) is 0. The van der Waals surface area contributed by atoms with E-state index in [4.69, 9.17) is 4.74 Å². The van der Waals surface area contributed by atoms with Crippen molar-refractivity contribution in [2.75, 3.05) is 0 Å². The molecule has 0 radical (unpaired) electrons. The molecule has 1 saturated heterocycles. The number of benzene rings is 2. The number of amides is 1. The van der Waals surface area contributed by atoms with Crippen LogP contribution in [0.3, 0.4) is 0 Å². The summed E-state index contributed by atoms with van der Waals surface area (Å²) >= 11 is 2.07. The quantitative estimate of drug-likeness (QED) is 0.511. The summed E-state index contributed by atoms with van der Waals surface area (Å²) < 4.78 is 7.26. The highest BCUT2D eigenvalue weighted by Gasteiger charge is 2.61. The van der Waals surface area contributed by atoms with Crippen LogP contribution in [0.15, 0.2) is 64.4 Å². The minimum Gasteiger partial charge on any atom is -0.428 e. The van der Waals surface area contributed by atoms with Gasteiger partial charge in [0, 0.05) is 21.6 Å². The molecule has 25 heavy (non-hydrogen) atoms. The Kier molecular flexibility index (Phi) is 3.91. The van der Waals surface area contributed by atoms with Crippen LogP contribution in [0.2, 0.25) is 0 Å². The average molecular weight is 445 g/mol. The molecule has 2 aliphatic heterocycles. The van der Waals surface area contributed by atoms with E-state index in [0.29, 0.717) is 17.7 Å². The molecular formula is C20H16INO3. The minimum atomic E-state index is -1.08. The molecule has 126 valence electrons. The van der Waals surface area contributed by atoms with Crippen molar-refractivity contribution in [2.24, 2.45) is 0 Å². The number of fused-ring (bicyclic) bond motifs is 2. The highest BCUT2D eigenvalue weighted by molar-refractivity contribution is 14.1. The van der Waals surface area contributed by atoms with Gasteiger partial charge in [0.1, 0.15) is 5.76 Å². The van der Waals surface area contributed by atoms with Crippen LogP contribution in [-0.2, 0) is 15.1 Å². The first-order valence-electron chi connectivity index (χ1n) is 8.09. The van der Waals surface area contributed by atoms with Crippen molar-refractivity contribution in [2.45, 2.75) is 24.9 Å². The second kappa shape index (κ2) is 5.98. The van der Waals surface area contributed by atoms with Crippen molar-refractivity contribution in [3.05, 3.63) is 81.1 Å². The molecule has 1 fully saturated rings. The van der Waals surface area contributed by atoms with E-state index in [1.165, 1.54) is 0 Å². The van der Waals surface area contributed by atoms with Gasteiger partial charge in [0.15, 0.2) is 5.54 Å². The number of ether oxygens (including phenoxy) is 1. The second-order valence-electron chi connectivity index (χ2n) is 6.31. The average Bonchev–Trinajstić information content (AvgIpc) is 3.11. The zero-order chi connectivity index (χ0) is 17.6. The molecule has 4 rings (SSSR count). The van der Waals surface area contributed by atoms with Gasteiger partial charge in [0.25, 0.3) is 5.91 Å². The smallest absolute Gasteiger partial charge is 0.342 e. The molecule has 0 aromatic heterocycles. The summed E-state index contributed by atoms with van der Waals surface area (Å²) in [7, 11) is 0. The fraction of sp³-hybridized carbons (Fsp3) is 0.200. The Labute approximate surface area is 159 Å². The molecule has 0 unspecified atom stereocenters. The maximum absolute atomic E-state index is 13.2. The lowest BCUT2D eigenvalue weighted by Crippen LogP contribution is -2.48. The third-order valence-electron chi connectivity index (χ3n) is 5.02.